The van der Waals surface area contributed by atoms with Crippen molar-refractivity contribution in [2.24, 2.45) is 0 Å². The van der Waals surface area contributed by atoms with Gasteiger partial charge in [0.2, 0.25) is 0 Å². The van der Waals surface area contributed by atoms with Crippen LogP contribution in [0.1, 0.15) is 102 Å². The van der Waals surface area contributed by atoms with Gasteiger partial charge in [0.25, 0.3) is 0 Å². The topological polar surface area (TPSA) is 46.5 Å². The van der Waals surface area contributed by atoms with E-state index in [-0.39, 0.29) is 5.60 Å². The average molecular weight is 349 g/mol. The monoisotopic (exact) mass is 348 g/mol. The molecule has 0 heterocycles. The van der Waals surface area contributed by atoms with Crippen LogP contribution >= 0.6 is 0 Å². The van der Waals surface area contributed by atoms with Gasteiger partial charge in [0.15, 0.2) is 0 Å². The highest BCUT2D eigenvalue weighted by Crippen LogP contribution is 2.24. The molecule has 1 rings (SSSR count). The van der Waals surface area contributed by atoms with Gasteiger partial charge in [-0.1, -0.05) is 64.7 Å². The molecular formula is C22H36O3. The van der Waals surface area contributed by atoms with E-state index in [0.29, 0.717) is 5.56 Å². The number of aromatic carboxylic acids is 1. The molecule has 0 bridgehead atoms. The van der Waals surface area contributed by atoms with Gasteiger partial charge < -0.3 is 9.84 Å². The number of hydrogen-bond donors (Lipinski definition) is 1. The molecule has 142 valence electrons. The maximum Gasteiger partial charge on any atom is 0.335 e. The van der Waals surface area contributed by atoms with Crippen LogP contribution in [0.25, 0.3) is 0 Å². The van der Waals surface area contributed by atoms with E-state index in [1.165, 1.54) is 64.2 Å². The standard InChI is InChI=1S/C22H36O3/c1-4-5-6-7-8-9-10-11-12-13-18-22(2,3)25-20-16-14-19(15-17-20)21(23)24/h14-17H,4-13,18H2,1-3H3,(H,23,24). The summed E-state index contributed by atoms with van der Waals surface area (Å²) in [7, 11) is 0. The summed E-state index contributed by atoms with van der Waals surface area (Å²) in [6.45, 7) is 6.47. The Morgan fingerprint density at radius 1 is 0.880 bits per heavy atom. The van der Waals surface area contributed by atoms with Gasteiger partial charge in [0.05, 0.1) is 5.56 Å². The number of benzene rings is 1. The molecule has 25 heavy (non-hydrogen) atoms. The molecule has 0 aromatic heterocycles. The summed E-state index contributed by atoms with van der Waals surface area (Å²) in [6, 6.07) is 6.66. The first-order chi connectivity index (χ1) is 11.9. The fourth-order valence-electron chi connectivity index (χ4n) is 3.07. The van der Waals surface area contributed by atoms with E-state index >= 15 is 0 Å². The van der Waals surface area contributed by atoms with Crippen molar-refractivity contribution in [3.63, 3.8) is 0 Å². The van der Waals surface area contributed by atoms with Crippen molar-refractivity contribution in [1.29, 1.82) is 0 Å². The Balaban J connectivity index is 2.13. The van der Waals surface area contributed by atoms with Crippen molar-refractivity contribution in [2.75, 3.05) is 0 Å². The number of rotatable bonds is 14. The second-order valence-corrected chi connectivity index (χ2v) is 7.62. The molecule has 0 saturated carbocycles. The molecule has 0 radical (unpaired) electrons. The molecule has 0 aliphatic carbocycles. The van der Waals surface area contributed by atoms with Gasteiger partial charge in [0.1, 0.15) is 11.4 Å². The van der Waals surface area contributed by atoms with Gasteiger partial charge in [-0.15, -0.1) is 0 Å². The molecule has 0 fully saturated rings. The Morgan fingerprint density at radius 2 is 1.36 bits per heavy atom. The Hall–Kier alpha value is -1.51. The maximum atomic E-state index is 10.9. The maximum absolute atomic E-state index is 10.9. The van der Waals surface area contributed by atoms with Crippen LogP contribution in [-0.4, -0.2) is 16.7 Å². The third kappa shape index (κ3) is 10.2. The van der Waals surface area contributed by atoms with Crippen LogP contribution in [0.15, 0.2) is 24.3 Å². The fraction of sp³-hybridized carbons (Fsp3) is 0.682. The number of unbranched alkanes of at least 4 members (excludes halogenated alkanes) is 9. The average Bonchev–Trinajstić information content (AvgIpc) is 2.56. The number of ether oxygens (including phenoxy) is 1. The van der Waals surface area contributed by atoms with Crippen LogP contribution < -0.4 is 4.74 Å². The van der Waals surface area contributed by atoms with Crippen molar-refractivity contribution in [3.05, 3.63) is 29.8 Å². The van der Waals surface area contributed by atoms with Crippen molar-refractivity contribution < 1.29 is 14.6 Å². The van der Waals surface area contributed by atoms with E-state index in [4.69, 9.17) is 9.84 Å². The first kappa shape index (κ1) is 21.5. The normalized spacial score (nSPS) is 11.5. The number of carboxylic acids is 1. The zero-order valence-corrected chi connectivity index (χ0v) is 16.4. The third-order valence-electron chi connectivity index (χ3n) is 4.63. The lowest BCUT2D eigenvalue weighted by atomic mass is 9.99. The molecule has 1 aromatic rings. The quantitative estimate of drug-likeness (QED) is 0.374. The summed E-state index contributed by atoms with van der Waals surface area (Å²) in [6.07, 6.45) is 14.4. The van der Waals surface area contributed by atoms with Gasteiger partial charge in [-0.25, -0.2) is 4.79 Å². The molecule has 3 heteroatoms. The Bertz CT molecular complexity index is 477. The van der Waals surface area contributed by atoms with Crippen molar-refractivity contribution >= 4 is 5.97 Å². The predicted molar refractivity (Wildman–Crippen MR) is 105 cm³/mol. The highest BCUT2D eigenvalue weighted by molar-refractivity contribution is 5.87. The number of carbonyl (C=O) groups is 1. The van der Waals surface area contributed by atoms with E-state index in [0.717, 1.165) is 12.2 Å². The lowest BCUT2D eigenvalue weighted by molar-refractivity contribution is 0.0696. The largest absolute Gasteiger partial charge is 0.488 e. The fourth-order valence-corrected chi connectivity index (χ4v) is 3.07. The van der Waals surface area contributed by atoms with E-state index in [1.54, 1.807) is 24.3 Å². The first-order valence-electron chi connectivity index (χ1n) is 9.97. The summed E-state index contributed by atoms with van der Waals surface area (Å²) >= 11 is 0. The molecule has 0 saturated heterocycles. The molecule has 1 N–H and O–H groups in total. The SMILES string of the molecule is CCCCCCCCCCCCC(C)(C)Oc1ccc(C(=O)O)cc1. The molecule has 0 unspecified atom stereocenters. The van der Waals surface area contributed by atoms with Crippen molar-refractivity contribution in [3.8, 4) is 5.75 Å². The van der Waals surface area contributed by atoms with Crippen LogP contribution in [0.2, 0.25) is 0 Å². The highest BCUT2D eigenvalue weighted by Gasteiger charge is 2.19. The molecule has 1 aromatic carbocycles. The minimum atomic E-state index is -0.906. The first-order valence-corrected chi connectivity index (χ1v) is 9.97. The van der Waals surface area contributed by atoms with Gasteiger partial charge in [-0.3, -0.25) is 0 Å². The second-order valence-electron chi connectivity index (χ2n) is 7.62. The molecule has 0 spiro atoms. The summed E-state index contributed by atoms with van der Waals surface area (Å²) in [5.41, 5.74) is 0.0742. The van der Waals surface area contributed by atoms with E-state index in [1.807, 2.05) is 0 Å². The molecular weight excluding hydrogens is 312 g/mol. The Labute approximate surface area is 153 Å². The Kier molecular flexibility index (Phi) is 10.3. The molecule has 0 amide bonds. The molecule has 0 aliphatic rings. The third-order valence-corrected chi connectivity index (χ3v) is 4.63. The van der Waals surface area contributed by atoms with Gasteiger partial charge in [0, 0.05) is 0 Å². The van der Waals surface area contributed by atoms with Crippen molar-refractivity contribution in [1.82, 2.24) is 0 Å². The van der Waals surface area contributed by atoms with Crippen LogP contribution in [0.3, 0.4) is 0 Å². The van der Waals surface area contributed by atoms with Crippen LogP contribution in [0.4, 0.5) is 0 Å². The predicted octanol–water partition coefficient (Wildman–Crippen LogP) is 6.85. The van der Waals surface area contributed by atoms with Gasteiger partial charge in [-0.2, -0.15) is 0 Å². The van der Waals surface area contributed by atoms with Crippen LogP contribution in [0, 0.1) is 0 Å². The number of hydrogen-bond acceptors (Lipinski definition) is 2. The summed E-state index contributed by atoms with van der Waals surface area (Å²) in [5.74, 6) is -0.168. The molecule has 0 atom stereocenters. The minimum absolute atomic E-state index is 0.217. The lowest BCUT2D eigenvalue weighted by Crippen LogP contribution is -2.28. The zero-order chi connectivity index (χ0) is 18.5. The highest BCUT2D eigenvalue weighted by atomic mass is 16.5. The van der Waals surface area contributed by atoms with Gasteiger partial charge in [-0.05, 0) is 51.0 Å². The van der Waals surface area contributed by atoms with E-state index in [9.17, 15) is 4.79 Å². The van der Waals surface area contributed by atoms with Gasteiger partial charge >= 0.3 is 5.97 Å². The van der Waals surface area contributed by atoms with Crippen LogP contribution in [0.5, 0.6) is 5.75 Å². The van der Waals surface area contributed by atoms with E-state index in [2.05, 4.69) is 20.8 Å². The minimum Gasteiger partial charge on any atom is -0.488 e. The molecule has 0 aliphatic heterocycles. The second kappa shape index (κ2) is 11.9. The van der Waals surface area contributed by atoms with Crippen molar-refractivity contribution in [2.45, 2.75) is 97.0 Å². The summed E-state index contributed by atoms with van der Waals surface area (Å²) in [4.78, 5) is 10.9. The number of carboxylic acid groups (broad SMARTS) is 1. The smallest absolute Gasteiger partial charge is 0.335 e. The molecule has 3 nitrogen and oxygen atoms in total. The Morgan fingerprint density at radius 3 is 1.84 bits per heavy atom. The summed E-state index contributed by atoms with van der Waals surface area (Å²) < 4.78 is 6.03. The summed E-state index contributed by atoms with van der Waals surface area (Å²) in [5, 5.41) is 8.93. The van der Waals surface area contributed by atoms with E-state index < -0.39 is 5.97 Å². The zero-order valence-electron chi connectivity index (χ0n) is 16.4. The van der Waals surface area contributed by atoms with Crippen LogP contribution in [-0.2, 0) is 0 Å². The lowest BCUT2D eigenvalue weighted by Gasteiger charge is -2.26.